The third kappa shape index (κ3) is 5.79. The molecule has 0 radical (unpaired) electrons. The van der Waals surface area contributed by atoms with E-state index >= 15 is 0 Å². The quantitative estimate of drug-likeness (QED) is 0.719. The van der Waals surface area contributed by atoms with Crippen molar-refractivity contribution in [3.8, 4) is 5.75 Å². The van der Waals surface area contributed by atoms with Crippen molar-refractivity contribution >= 4 is 22.4 Å². The lowest BCUT2D eigenvalue weighted by atomic mass is 10.2. The summed E-state index contributed by atoms with van der Waals surface area (Å²) in [5, 5.41) is 5.55. The summed E-state index contributed by atoms with van der Waals surface area (Å²) in [6, 6.07) is 7.89. The van der Waals surface area contributed by atoms with Crippen molar-refractivity contribution in [2.24, 2.45) is 0 Å². The molecule has 1 saturated heterocycles. The van der Waals surface area contributed by atoms with Gasteiger partial charge in [0.05, 0.1) is 25.5 Å². The van der Waals surface area contributed by atoms with Gasteiger partial charge in [-0.1, -0.05) is 18.2 Å². The number of aromatic nitrogens is 1. The number of aryl methyl sites for hydroxylation is 1. The van der Waals surface area contributed by atoms with Gasteiger partial charge in [-0.3, -0.25) is 9.69 Å². The van der Waals surface area contributed by atoms with Crippen LogP contribution >= 0.6 is 11.3 Å². The molecule has 3 rings (SSSR count). The lowest BCUT2D eigenvalue weighted by Gasteiger charge is -2.25. The number of para-hydroxylation sites is 1. The number of morpholine rings is 1. The molecule has 6 nitrogen and oxygen atoms in total. The minimum atomic E-state index is -0.0225. The molecule has 1 fully saturated rings. The van der Waals surface area contributed by atoms with Crippen LogP contribution in [0.2, 0.25) is 0 Å². The topological polar surface area (TPSA) is 63.7 Å². The fraction of sp³-hybridized carbons (Fsp3) is 0.474. The zero-order valence-corrected chi connectivity index (χ0v) is 15.9. The fourth-order valence-electron chi connectivity index (χ4n) is 2.74. The maximum atomic E-state index is 12.1. The van der Waals surface area contributed by atoms with E-state index in [1.807, 2.05) is 36.6 Å². The Morgan fingerprint density at radius 2 is 2.15 bits per heavy atom. The number of anilines is 1. The van der Waals surface area contributed by atoms with Crippen LogP contribution in [0.3, 0.4) is 0 Å². The number of carbonyl (C=O) groups excluding carboxylic acids is 1. The normalized spacial score (nSPS) is 15.0. The van der Waals surface area contributed by atoms with Gasteiger partial charge < -0.3 is 14.8 Å². The summed E-state index contributed by atoms with van der Waals surface area (Å²) < 4.78 is 11.1. The van der Waals surface area contributed by atoms with Crippen LogP contribution in [-0.4, -0.2) is 48.7 Å². The molecule has 1 N–H and O–H groups in total. The summed E-state index contributed by atoms with van der Waals surface area (Å²) in [7, 11) is 0. The third-order valence-corrected chi connectivity index (χ3v) is 4.99. The van der Waals surface area contributed by atoms with Gasteiger partial charge in [0.25, 0.3) is 0 Å². The fourth-order valence-corrected chi connectivity index (χ4v) is 3.46. The van der Waals surface area contributed by atoms with Gasteiger partial charge in [-0.15, -0.1) is 11.3 Å². The molecule has 1 aromatic heterocycles. The minimum Gasteiger partial charge on any atom is -0.493 e. The molecule has 7 heteroatoms. The first-order valence-electron chi connectivity index (χ1n) is 8.93. The highest BCUT2D eigenvalue weighted by molar-refractivity contribution is 7.13. The first kappa shape index (κ1) is 18.8. The molecule has 0 aliphatic carbocycles. The lowest BCUT2D eigenvalue weighted by Crippen LogP contribution is -2.35. The molecule has 1 aliphatic rings. The molecule has 2 heterocycles. The van der Waals surface area contributed by atoms with E-state index < -0.39 is 0 Å². The summed E-state index contributed by atoms with van der Waals surface area (Å²) in [6.45, 7) is 6.76. The number of amides is 1. The largest absolute Gasteiger partial charge is 0.493 e. The SMILES string of the molecule is Cc1ccccc1OCCCC(=O)Nc1nc(CN2CCOCC2)cs1. The van der Waals surface area contributed by atoms with Crippen LogP contribution in [-0.2, 0) is 16.1 Å². The van der Waals surface area contributed by atoms with Crippen LogP contribution in [0.1, 0.15) is 24.1 Å². The molecule has 26 heavy (non-hydrogen) atoms. The first-order chi connectivity index (χ1) is 12.7. The second kappa shape index (κ2) is 9.66. The van der Waals surface area contributed by atoms with Crippen molar-refractivity contribution in [3.05, 3.63) is 40.9 Å². The first-order valence-corrected chi connectivity index (χ1v) is 9.81. The van der Waals surface area contributed by atoms with Gasteiger partial charge in [0.1, 0.15) is 5.75 Å². The maximum absolute atomic E-state index is 12.1. The van der Waals surface area contributed by atoms with Crippen molar-refractivity contribution < 1.29 is 14.3 Å². The van der Waals surface area contributed by atoms with E-state index in [1.54, 1.807) is 0 Å². The number of benzene rings is 1. The Kier molecular flexibility index (Phi) is 6.99. The van der Waals surface area contributed by atoms with Crippen molar-refractivity contribution in [2.75, 3.05) is 38.2 Å². The van der Waals surface area contributed by atoms with E-state index in [2.05, 4.69) is 15.2 Å². The predicted molar refractivity (Wildman–Crippen MR) is 103 cm³/mol. The Hall–Kier alpha value is -1.96. The van der Waals surface area contributed by atoms with Crippen molar-refractivity contribution in [2.45, 2.75) is 26.3 Å². The standard InChI is InChI=1S/C19H25N3O3S/c1-15-5-2-3-6-17(15)25-10-4-7-18(23)21-19-20-16(14-26-19)13-22-8-11-24-12-9-22/h2-3,5-6,14H,4,7-13H2,1H3,(H,20,21,23). The number of hydrogen-bond acceptors (Lipinski definition) is 6. The summed E-state index contributed by atoms with van der Waals surface area (Å²) in [6.07, 6.45) is 1.09. The van der Waals surface area contributed by atoms with Crippen LogP contribution < -0.4 is 10.1 Å². The number of carbonyl (C=O) groups is 1. The molecule has 0 spiro atoms. The molecule has 0 bridgehead atoms. The van der Waals surface area contributed by atoms with E-state index in [0.29, 0.717) is 24.6 Å². The average Bonchev–Trinajstić information content (AvgIpc) is 3.07. The van der Waals surface area contributed by atoms with E-state index in [1.165, 1.54) is 11.3 Å². The summed E-state index contributed by atoms with van der Waals surface area (Å²) in [5.41, 5.74) is 2.10. The predicted octanol–water partition coefficient (Wildman–Crippen LogP) is 3.08. The van der Waals surface area contributed by atoms with Crippen molar-refractivity contribution in [3.63, 3.8) is 0 Å². The second-order valence-electron chi connectivity index (χ2n) is 6.30. The molecule has 2 aromatic rings. The van der Waals surface area contributed by atoms with E-state index in [-0.39, 0.29) is 5.91 Å². The lowest BCUT2D eigenvalue weighted by molar-refractivity contribution is -0.116. The molecule has 1 aliphatic heterocycles. The van der Waals surface area contributed by atoms with E-state index in [4.69, 9.17) is 9.47 Å². The Morgan fingerprint density at radius 1 is 1.35 bits per heavy atom. The molecule has 0 atom stereocenters. The van der Waals surface area contributed by atoms with Crippen LogP contribution in [0.5, 0.6) is 5.75 Å². The van der Waals surface area contributed by atoms with Gasteiger partial charge in [-0.2, -0.15) is 0 Å². The van der Waals surface area contributed by atoms with Crippen LogP contribution in [0.4, 0.5) is 5.13 Å². The van der Waals surface area contributed by atoms with Crippen LogP contribution in [0, 0.1) is 6.92 Å². The number of thiazole rings is 1. The Morgan fingerprint density at radius 3 is 2.96 bits per heavy atom. The van der Waals surface area contributed by atoms with Crippen LogP contribution in [0.15, 0.2) is 29.6 Å². The minimum absolute atomic E-state index is 0.0225. The van der Waals surface area contributed by atoms with Crippen LogP contribution in [0.25, 0.3) is 0 Å². The number of nitrogens with one attached hydrogen (secondary N) is 1. The van der Waals surface area contributed by atoms with Gasteiger partial charge in [0.2, 0.25) is 5.91 Å². The smallest absolute Gasteiger partial charge is 0.226 e. The summed E-state index contributed by atoms with van der Waals surface area (Å²) in [4.78, 5) is 18.9. The van der Waals surface area contributed by atoms with E-state index in [9.17, 15) is 4.79 Å². The van der Waals surface area contributed by atoms with Gasteiger partial charge in [0, 0.05) is 31.4 Å². The monoisotopic (exact) mass is 375 g/mol. The zero-order valence-electron chi connectivity index (χ0n) is 15.1. The molecular formula is C19H25N3O3S. The van der Waals surface area contributed by atoms with E-state index in [0.717, 1.165) is 49.9 Å². The molecular weight excluding hydrogens is 350 g/mol. The molecule has 1 amide bonds. The third-order valence-electron chi connectivity index (χ3n) is 4.19. The highest BCUT2D eigenvalue weighted by Crippen LogP contribution is 2.18. The summed E-state index contributed by atoms with van der Waals surface area (Å²) in [5.74, 6) is 0.853. The highest BCUT2D eigenvalue weighted by atomic mass is 32.1. The number of hydrogen-bond donors (Lipinski definition) is 1. The Balaban J connectivity index is 1.36. The van der Waals surface area contributed by atoms with Gasteiger partial charge >= 0.3 is 0 Å². The maximum Gasteiger partial charge on any atom is 0.226 e. The van der Waals surface area contributed by atoms with Crippen molar-refractivity contribution in [1.29, 1.82) is 0 Å². The van der Waals surface area contributed by atoms with Crippen molar-refractivity contribution in [1.82, 2.24) is 9.88 Å². The second-order valence-corrected chi connectivity index (χ2v) is 7.16. The van der Waals surface area contributed by atoms with Gasteiger partial charge in [-0.25, -0.2) is 4.98 Å². The zero-order chi connectivity index (χ0) is 18.2. The number of rotatable bonds is 8. The Labute approximate surface area is 158 Å². The van der Waals surface area contributed by atoms with Gasteiger partial charge in [-0.05, 0) is 25.0 Å². The summed E-state index contributed by atoms with van der Waals surface area (Å²) >= 11 is 1.47. The number of nitrogens with zero attached hydrogens (tertiary/aromatic N) is 2. The highest BCUT2D eigenvalue weighted by Gasteiger charge is 2.13. The molecule has 0 saturated carbocycles. The molecule has 0 unspecified atom stereocenters. The average molecular weight is 375 g/mol. The molecule has 140 valence electrons. The van der Waals surface area contributed by atoms with Gasteiger partial charge in [0.15, 0.2) is 5.13 Å². The molecule has 1 aromatic carbocycles. The Bertz CT molecular complexity index is 714. The number of ether oxygens (including phenoxy) is 2.